The first-order chi connectivity index (χ1) is 12.2. The normalized spacial score (nSPS) is 12.3. The van der Waals surface area contributed by atoms with Gasteiger partial charge in [-0.1, -0.05) is 104 Å². The zero-order chi connectivity index (χ0) is 18.6. The molecule has 150 valence electrons. The summed E-state index contributed by atoms with van der Waals surface area (Å²) in [5.74, 6) is 0.0121. The largest absolute Gasteiger partial charge is 0.463 e. The van der Waals surface area contributed by atoms with Gasteiger partial charge in [-0.25, -0.2) is 0 Å². The van der Waals surface area contributed by atoms with Crippen LogP contribution in [0.4, 0.5) is 0 Å². The highest BCUT2D eigenvalue weighted by Crippen LogP contribution is 2.13. The molecular weight excluding hydrogens is 308 g/mol. The molecule has 0 heterocycles. The van der Waals surface area contributed by atoms with E-state index in [-0.39, 0.29) is 12.1 Å². The standard InChI is InChI=1S/C23H46O2/c1-4-6-8-10-12-14-16-18-20-22(3)25-23(24)21-19-17-15-13-11-9-7-5-2/h22H,4-21H2,1-3H3. The van der Waals surface area contributed by atoms with Gasteiger partial charge in [0.1, 0.15) is 0 Å². The smallest absolute Gasteiger partial charge is 0.306 e. The van der Waals surface area contributed by atoms with E-state index in [0.717, 1.165) is 12.8 Å². The van der Waals surface area contributed by atoms with Crippen LogP contribution in [0, 0.1) is 0 Å². The third-order valence-corrected chi connectivity index (χ3v) is 5.03. The lowest BCUT2D eigenvalue weighted by molar-refractivity contribution is -0.148. The Hall–Kier alpha value is -0.530. The first-order valence-electron chi connectivity index (χ1n) is 11.4. The van der Waals surface area contributed by atoms with E-state index >= 15 is 0 Å². The number of unbranched alkanes of at least 4 members (excludes halogenated alkanes) is 14. The fourth-order valence-corrected chi connectivity index (χ4v) is 3.31. The van der Waals surface area contributed by atoms with Gasteiger partial charge in [0.05, 0.1) is 6.10 Å². The molecule has 0 fully saturated rings. The highest BCUT2D eigenvalue weighted by atomic mass is 16.5. The molecule has 2 nitrogen and oxygen atoms in total. The molecule has 25 heavy (non-hydrogen) atoms. The van der Waals surface area contributed by atoms with E-state index in [2.05, 4.69) is 13.8 Å². The van der Waals surface area contributed by atoms with Crippen LogP contribution < -0.4 is 0 Å². The minimum atomic E-state index is 0.0121. The summed E-state index contributed by atoms with van der Waals surface area (Å²) in [5, 5.41) is 0. The monoisotopic (exact) mass is 354 g/mol. The van der Waals surface area contributed by atoms with Gasteiger partial charge in [-0.05, 0) is 26.2 Å². The lowest BCUT2D eigenvalue weighted by Gasteiger charge is -2.13. The van der Waals surface area contributed by atoms with Crippen molar-refractivity contribution in [2.24, 2.45) is 0 Å². The summed E-state index contributed by atoms with van der Waals surface area (Å²) in [6.07, 6.45) is 22.6. The van der Waals surface area contributed by atoms with Gasteiger partial charge < -0.3 is 4.74 Å². The number of carbonyl (C=O) groups is 1. The van der Waals surface area contributed by atoms with E-state index in [1.165, 1.54) is 96.3 Å². The van der Waals surface area contributed by atoms with Gasteiger partial charge in [0, 0.05) is 6.42 Å². The van der Waals surface area contributed by atoms with Gasteiger partial charge in [-0.2, -0.15) is 0 Å². The van der Waals surface area contributed by atoms with Crippen LogP contribution in [0.5, 0.6) is 0 Å². The highest BCUT2D eigenvalue weighted by Gasteiger charge is 2.09. The number of ether oxygens (including phenoxy) is 1. The summed E-state index contributed by atoms with van der Waals surface area (Å²) in [7, 11) is 0. The summed E-state index contributed by atoms with van der Waals surface area (Å²) in [6.45, 7) is 6.56. The minimum Gasteiger partial charge on any atom is -0.463 e. The maximum atomic E-state index is 11.8. The van der Waals surface area contributed by atoms with Gasteiger partial charge >= 0.3 is 5.97 Å². The number of hydrogen-bond acceptors (Lipinski definition) is 2. The third kappa shape index (κ3) is 19.6. The topological polar surface area (TPSA) is 26.3 Å². The summed E-state index contributed by atoms with van der Waals surface area (Å²) in [5.41, 5.74) is 0. The van der Waals surface area contributed by atoms with Crippen LogP contribution in [0.2, 0.25) is 0 Å². The van der Waals surface area contributed by atoms with Crippen molar-refractivity contribution in [3.8, 4) is 0 Å². The van der Waals surface area contributed by atoms with Crippen LogP contribution in [-0.2, 0) is 9.53 Å². The average molecular weight is 355 g/mol. The second-order valence-electron chi connectivity index (χ2n) is 7.79. The van der Waals surface area contributed by atoms with Gasteiger partial charge in [0.15, 0.2) is 0 Å². The first kappa shape index (κ1) is 24.5. The molecule has 1 unspecified atom stereocenters. The summed E-state index contributed by atoms with van der Waals surface area (Å²) >= 11 is 0. The molecule has 0 aliphatic rings. The number of rotatable bonds is 19. The van der Waals surface area contributed by atoms with Crippen molar-refractivity contribution >= 4 is 5.97 Å². The van der Waals surface area contributed by atoms with Crippen molar-refractivity contribution in [3.05, 3.63) is 0 Å². The molecule has 0 aromatic carbocycles. The predicted molar refractivity (Wildman–Crippen MR) is 110 cm³/mol. The molecule has 0 aromatic rings. The molecule has 0 aliphatic heterocycles. The van der Waals surface area contributed by atoms with E-state index in [1.54, 1.807) is 0 Å². The van der Waals surface area contributed by atoms with Crippen molar-refractivity contribution in [3.63, 3.8) is 0 Å². The molecule has 0 aliphatic carbocycles. The second-order valence-corrected chi connectivity index (χ2v) is 7.79. The van der Waals surface area contributed by atoms with Crippen molar-refractivity contribution in [2.75, 3.05) is 0 Å². The molecule has 0 aromatic heterocycles. The van der Waals surface area contributed by atoms with E-state index in [9.17, 15) is 4.79 Å². The summed E-state index contributed by atoms with van der Waals surface area (Å²) in [6, 6.07) is 0. The molecule has 0 bridgehead atoms. The lowest BCUT2D eigenvalue weighted by Crippen LogP contribution is -2.14. The molecule has 0 rings (SSSR count). The molecular formula is C23H46O2. The number of carbonyl (C=O) groups excluding carboxylic acids is 1. The van der Waals surface area contributed by atoms with Crippen molar-refractivity contribution in [2.45, 2.75) is 142 Å². The minimum absolute atomic E-state index is 0.0121. The Morgan fingerprint density at radius 3 is 1.52 bits per heavy atom. The van der Waals surface area contributed by atoms with Crippen LogP contribution >= 0.6 is 0 Å². The zero-order valence-corrected chi connectivity index (χ0v) is 17.6. The maximum absolute atomic E-state index is 11.8. The predicted octanol–water partition coefficient (Wildman–Crippen LogP) is 7.98. The molecule has 0 amide bonds. The van der Waals surface area contributed by atoms with Crippen molar-refractivity contribution in [1.82, 2.24) is 0 Å². The Kier molecular flexibility index (Phi) is 19.4. The van der Waals surface area contributed by atoms with E-state index in [4.69, 9.17) is 4.74 Å². The Morgan fingerprint density at radius 1 is 0.640 bits per heavy atom. The Labute approximate surface area is 158 Å². The van der Waals surface area contributed by atoms with Gasteiger partial charge in [-0.3, -0.25) is 4.79 Å². The molecule has 0 radical (unpaired) electrons. The van der Waals surface area contributed by atoms with Crippen molar-refractivity contribution in [1.29, 1.82) is 0 Å². The van der Waals surface area contributed by atoms with Gasteiger partial charge in [-0.15, -0.1) is 0 Å². The molecule has 0 N–H and O–H groups in total. The van der Waals surface area contributed by atoms with E-state index in [1.807, 2.05) is 6.92 Å². The summed E-state index contributed by atoms with van der Waals surface area (Å²) < 4.78 is 5.53. The van der Waals surface area contributed by atoms with Gasteiger partial charge in [0.25, 0.3) is 0 Å². The fraction of sp³-hybridized carbons (Fsp3) is 0.957. The zero-order valence-electron chi connectivity index (χ0n) is 17.6. The summed E-state index contributed by atoms with van der Waals surface area (Å²) in [4.78, 5) is 11.8. The Morgan fingerprint density at radius 2 is 1.04 bits per heavy atom. The van der Waals surface area contributed by atoms with Crippen LogP contribution in [0.1, 0.15) is 136 Å². The quantitative estimate of drug-likeness (QED) is 0.173. The molecule has 0 saturated heterocycles. The first-order valence-corrected chi connectivity index (χ1v) is 11.4. The van der Waals surface area contributed by atoms with Crippen LogP contribution in [0.3, 0.4) is 0 Å². The number of hydrogen-bond donors (Lipinski definition) is 0. The SMILES string of the molecule is CCCCCCCCCCC(=O)OC(C)CCCCCCCCCC. The van der Waals surface area contributed by atoms with E-state index in [0.29, 0.717) is 6.42 Å². The molecule has 0 spiro atoms. The van der Waals surface area contributed by atoms with E-state index < -0.39 is 0 Å². The Bertz CT molecular complexity index is 275. The average Bonchev–Trinajstić information content (AvgIpc) is 2.59. The lowest BCUT2D eigenvalue weighted by atomic mass is 10.1. The highest BCUT2D eigenvalue weighted by molar-refractivity contribution is 5.69. The maximum Gasteiger partial charge on any atom is 0.306 e. The second kappa shape index (κ2) is 19.8. The van der Waals surface area contributed by atoms with Crippen LogP contribution in [0.25, 0.3) is 0 Å². The Balaban J connectivity index is 3.33. The van der Waals surface area contributed by atoms with Gasteiger partial charge in [0.2, 0.25) is 0 Å². The van der Waals surface area contributed by atoms with Crippen molar-refractivity contribution < 1.29 is 9.53 Å². The molecule has 1 atom stereocenters. The molecule has 0 saturated carbocycles. The number of esters is 1. The van der Waals surface area contributed by atoms with Crippen LogP contribution in [-0.4, -0.2) is 12.1 Å². The third-order valence-electron chi connectivity index (χ3n) is 5.03. The fourth-order valence-electron chi connectivity index (χ4n) is 3.31. The molecule has 2 heteroatoms. The van der Waals surface area contributed by atoms with Crippen LogP contribution in [0.15, 0.2) is 0 Å².